The van der Waals surface area contributed by atoms with Crippen LogP contribution in [0.2, 0.25) is 0 Å². The summed E-state index contributed by atoms with van der Waals surface area (Å²) >= 11 is 0. The third-order valence-corrected chi connectivity index (χ3v) is 3.14. The van der Waals surface area contributed by atoms with Crippen LogP contribution in [0.25, 0.3) is 0 Å². The van der Waals surface area contributed by atoms with Gasteiger partial charge < -0.3 is 5.32 Å². The molecule has 16 heavy (non-hydrogen) atoms. The second kappa shape index (κ2) is 5.99. The van der Waals surface area contributed by atoms with E-state index in [1.807, 2.05) is 13.8 Å². The van der Waals surface area contributed by atoms with Gasteiger partial charge in [-0.1, -0.05) is 20.3 Å². The Bertz CT molecular complexity index is 266. The van der Waals surface area contributed by atoms with Crippen LogP contribution in [0.1, 0.15) is 46.5 Å². The van der Waals surface area contributed by atoms with Crippen molar-refractivity contribution in [1.29, 1.82) is 0 Å². The molecule has 2 unspecified atom stereocenters. The van der Waals surface area contributed by atoms with Crippen LogP contribution in [0.4, 0.5) is 0 Å². The molecule has 4 heteroatoms. The van der Waals surface area contributed by atoms with Gasteiger partial charge in [-0.3, -0.25) is 14.5 Å². The lowest BCUT2D eigenvalue weighted by Crippen LogP contribution is -2.42. The van der Waals surface area contributed by atoms with Crippen LogP contribution in [0.15, 0.2) is 0 Å². The van der Waals surface area contributed by atoms with Crippen LogP contribution < -0.4 is 5.32 Å². The maximum atomic E-state index is 12.0. The number of nitrogens with zero attached hydrogens (tertiary/aromatic N) is 1. The van der Waals surface area contributed by atoms with E-state index >= 15 is 0 Å². The van der Waals surface area contributed by atoms with E-state index in [-0.39, 0.29) is 23.9 Å². The van der Waals surface area contributed by atoms with E-state index in [0.717, 1.165) is 25.8 Å². The minimum atomic E-state index is -0.284. The van der Waals surface area contributed by atoms with Gasteiger partial charge in [0, 0.05) is 6.04 Å². The normalized spacial score (nSPS) is 22.9. The van der Waals surface area contributed by atoms with E-state index in [2.05, 4.69) is 12.2 Å². The molecule has 0 saturated carbocycles. The Morgan fingerprint density at radius 3 is 2.69 bits per heavy atom. The summed E-state index contributed by atoms with van der Waals surface area (Å²) in [7, 11) is 0. The molecule has 0 radical (unpaired) electrons. The topological polar surface area (TPSA) is 49.4 Å². The third kappa shape index (κ3) is 2.82. The predicted octanol–water partition coefficient (Wildman–Crippen LogP) is 1.30. The van der Waals surface area contributed by atoms with Crippen LogP contribution in [-0.2, 0) is 9.59 Å². The Kier molecular flexibility index (Phi) is 4.93. The number of hydrogen-bond donors (Lipinski definition) is 1. The molecule has 4 nitrogen and oxygen atoms in total. The molecule has 0 aromatic carbocycles. The second-order valence-corrected chi connectivity index (χ2v) is 4.42. The number of amides is 2. The van der Waals surface area contributed by atoms with Crippen molar-refractivity contribution in [3.05, 3.63) is 0 Å². The zero-order chi connectivity index (χ0) is 12.1. The van der Waals surface area contributed by atoms with Crippen molar-refractivity contribution < 1.29 is 9.59 Å². The van der Waals surface area contributed by atoms with E-state index < -0.39 is 0 Å². The van der Waals surface area contributed by atoms with Crippen molar-refractivity contribution >= 4 is 11.8 Å². The summed E-state index contributed by atoms with van der Waals surface area (Å²) in [4.78, 5) is 25.1. The van der Waals surface area contributed by atoms with Crippen LogP contribution in [0.3, 0.4) is 0 Å². The Hall–Kier alpha value is -0.900. The average molecular weight is 226 g/mol. The molecule has 1 aliphatic heterocycles. The highest BCUT2D eigenvalue weighted by molar-refractivity contribution is 6.05. The van der Waals surface area contributed by atoms with Gasteiger partial charge in [0.25, 0.3) is 0 Å². The van der Waals surface area contributed by atoms with E-state index in [1.165, 1.54) is 4.90 Å². The van der Waals surface area contributed by atoms with Crippen molar-refractivity contribution in [3.8, 4) is 0 Å². The first-order valence-electron chi connectivity index (χ1n) is 6.21. The maximum Gasteiger partial charge on any atom is 0.247 e. The van der Waals surface area contributed by atoms with Crippen LogP contribution in [-0.4, -0.2) is 35.3 Å². The lowest BCUT2D eigenvalue weighted by molar-refractivity contribution is -0.141. The summed E-state index contributed by atoms with van der Waals surface area (Å²) in [6.45, 7) is 6.83. The highest BCUT2D eigenvalue weighted by Crippen LogP contribution is 2.17. The van der Waals surface area contributed by atoms with Gasteiger partial charge in [-0.2, -0.15) is 0 Å². The Labute approximate surface area is 97.4 Å². The van der Waals surface area contributed by atoms with Gasteiger partial charge in [0.2, 0.25) is 11.8 Å². The van der Waals surface area contributed by atoms with E-state index in [0.29, 0.717) is 6.42 Å². The molecular formula is C12H22N2O2. The fourth-order valence-corrected chi connectivity index (χ4v) is 1.91. The highest BCUT2D eigenvalue weighted by atomic mass is 16.2. The standard InChI is InChI=1S/C12H22N2O2/c1-4-6-7-13-10-8-11(15)14(12(10)16)9(3)5-2/h9-10,13H,4-8H2,1-3H3. The summed E-state index contributed by atoms with van der Waals surface area (Å²) in [5.41, 5.74) is 0. The number of carbonyl (C=O) groups is 2. The molecule has 2 amide bonds. The predicted molar refractivity (Wildman–Crippen MR) is 62.9 cm³/mol. The molecule has 0 aliphatic carbocycles. The largest absolute Gasteiger partial charge is 0.305 e. The van der Waals surface area contributed by atoms with E-state index in [9.17, 15) is 9.59 Å². The number of likely N-dealkylation sites (tertiary alicyclic amines) is 1. The number of imide groups is 1. The first-order valence-corrected chi connectivity index (χ1v) is 6.21. The zero-order valence-corrected chi connectivity index (χ0v) is 10.5. The molecule has 1 fully saturated rings. The lowest BCUT2D eigenvalue weighted by Gasteiger charge is -2.21. The molecule has 1 N–H and O–H groups in total. The number of nitrogens with one attached hydrogen (secondary N) is 1. The van der Waals surface area contributed by atoms with Gasteiger partial charge >= 0.3 is 0 Å². The summed E-state index contributed by atoms with van der Waals surface area (Å²) in [6, 6.07) is -0.258. The van der Waals surface area contributed by atoms with E-state index in [4.69, 9.17) is 0 Å². The molecule has 1 aliphatic rings. The van der Waals surface area contributed by atoms with Gasteiger partial charge in [-0.25, -0.2) is 0 Å². The van der Waals surface area contributed by atoms with Gasteiger partial charge in [0.1, 0.15) is 0 Å². The Balaban J connectivity index is 2.53. The van der Waals surface area contributed by atoms with Gasteiger partial charge in [-0.15, -0.1) is 0 Å². The molecule has 0 aromatic rings. The summed E-state index contributed by atoms with van der Waals surface area (Å²) < 4.78 is 0. The van der Waals surface area contributed by atoms with E-state index in [1.54, 1.807) is 0 Å². The fourth-order valence-electron chi connectivity index (χ4n) is 1.91. The van der Waals surface area contributed by atoms with Crippen LogP contribution in [0, 0.1) is 0 Å². The van der Waals surface area contributed by atoms with Gasteiger partial charge in [0.15, 0.2) is 0 Å². The average Bonchev–Trinajstić information content (AvgIpc) is 2.54. The second-order valence-electron chi connectivity index (χ2n) is 4.42. The quantitative estimate of drug-likeness (QED) is 0.548. The van der Waals surface area contributed by atoms with Crippen molar-refractivity contribution in [2.45, 2.75) is 58.5 Å². The molecular weight excluding hydrogens is 204 g/mol. The van der Waals surface area contributed by atoms with Crippen LogP contribution in [0.5, 0.6) is 0 Å². The number of carbonyl (C=O) groups excluding carboxylic acids is 2. The zero-order valence-electron chi connectivity index (χ0n) is 10.5. The molecule has 1 heterocycles. The third-order valence-electron chi connectivity index (χ3n) is 3.14. The SMILES string of the molecule is CCCCNC1CC(=O)N(C(C)CC)C1=O. The monoisotopic (exact) mass is 226 g/mol. The van der Waals surface area contributed by atoms with Crippen molar-refractivity contribution in [2.75, 3.05) is 6.54 Å². The molecule has 1 saturated heterocycles. The fraction of sp³-hybridized carbons (Fsp3) is 0.833. The first kappa shape index (κ1) is 13.2. The highest BCUT2D eigenvalue weighted by Gasteiger charge is 2.39. The molecule has 0 aromatic heterocycles. The lowest BCUT2D eigenvalue weighted by atomic mass is 10.2. The van der Waals surface area contributed by atoms with Crippen molar-refractivity contribution in [3.63, 3.8) is 0 Å². The Morgan fingerprint density at radius 2 is 2.12 bits per heavy atom. The summed E-state index contributed by atoms with van der Waals surface area (Å²) in [5, 5.41) is 3.16. The minimum absolute atomic E-state index is 0.0259. The Morgan fingerprint density at radius 1 is 1.44 bits per heavy atom. The molecule has 0 bridgehead atoms. The minimum Gasteiger partial charge on any atom is -0.305 e. The molecule has 1 rings (SSSR count). The summed E-state index contributed by atoms with van der Waals surface area (Å²) in [5.74, 6) is -0.0798. The number of hydrogen-bond acceptors (Lipinski definition) is 3. The van der Waals surface area contributed by atoms with Crippen molar-refractivity contribution in [1.82, 2.24) is 10.2 Å². The maximum absolute atomic E-state index is 12.0. The molecule has 92 valence electrons. The molecule has 2 atom stereocenters. The molecule has 0 spiro atoms. The number of rotatable bonds is 6. The van der Waals surface area contributed by atoms with Gasteiger partial charge in [-0.05, 0) is 26.3 Å². The number of unbranched alkanes of at least 4 members (excludes halogenated alkanes) is 1. The van der Waals surface area contributed by atoms with Gasteiger partial charge in [0.05, 0.1) is 12.5 Å². The van der Waals surface area contributed by atoms with Crippen LogP contribution >= 0.6 is 0 Å². The summed E-state index contributed by atoms with van der Waals surface area (Å²) in [6.07, 6.45) is 3.28. The smallest absolute Gasteiger partial charge is 0.247 e. The first-order chi connectivity index (χ1) is 7.61. The van der Waals surface area contributed by atoms with Crippen molar-refractivity contribution in [2.24, 2.45) is 0 Å².